The van der Waals surface area contributed by atoms with E-state index in [9.17, 15) is 35.4 Å². The van der Waals surface area contributed by atoms with Crippen LogP contribution in [0.1, 0.15) is 6.42 Å². The van der Waals surface area contributed by atoms with Gasteiger partial charge in [-0.1, -0.05) is 6.58 Å². The lowest BCUT2D eigenvalue weighted by molar-refractivity contribution is -0.269. The van der Waals surface area contributed by atoms with Crippen molar-refractivity contribution in [2.24, 2.45) is 0 Å². The topological polar surface area (TPSA) is 148 Å². The summed E-state index contributed by atoms with van der Waals surface area (Å²) >= 11 is 0. The van der Waals surface area contributed by atoms with Crippen LogP contribution in [0.3, 0.4) is 0 Å². The van der Waals surface area contributed by atoms with Crippen molar-refractivity contribution in [3.8, 4) is 0 Å². The first-order valence-corrected chi connectivity index (χ1v) is 5.18. The predicted molar refractivity (Wildman–Crippen MR) is 55.9 cm³/mol. The number of esters is 1. The number of ether oxygens (including phenoxy) is 1. The molecule has 0 heterocycles. The molecule has 0 spiro atoms. The lowest BCUT2D eigenvalue weighted by Crippen LogP contribution is -2.71. The Balaban J connectivity index is 2.95. The maximum Gasteiger partial charge on any atom is 0.313 e. The maximum atomic E-state index is 11.2. The summed E-state index contributed by atoms with van der Waals surface area (Å²) in [5.41, 5.74) is -2.53. The number of hydrogen-bond donors (Lipinski definition) is 6. The second kappa shape index (κ2) is 5.31. The number of hydrogen-bond acceptors (Lipinski definition) is 8. The Morgan fingerprint density at radius 3 is 1.94 bits per heavy atom. The minimum absolute atomic E-state index is 0.787. The summed E-state index contributed by atoms with van der Waals surface area (Å²) in [5.74, 6) is -1.03. The van der Waals surface area contributed by atoms with Crippen LogP contribution in [0.5, 0.6) is 0 Å². The Bertz CT molecular complexity index is 314. The molecule has 1 fully saturated rings. The standard InChI is InChI=1S/C10H16O8/c1-2-18-4(11)3-10(17)8(15)6(13)5(12)7(14)9(10)16/h2,5-9,12-17H,1,3H2/t5-,6-,7+,8-,9-,10+/m1/s1. The van der Waals surface area contributed by atoms with E-state index in [4.69, 9.17) is 0 Å². The highest BCUT2D eigenvalue weighted by Gasteiger charge is 2.58. The Morgan fingerprint density at radius 1 is 1.11 bits per heavy atom. The summed E-state index contributed by atoms with van der Waals surface area (Å²) in [5, 5.41) is 57.3. The Labute approximate surface area is 102 Å². The normalized spacial score (nSPS) is 44.4. The molecular weight excluding hydrogens is 248 g/mol. The van der Waals surface area contributed by atoms with Gasteiger partial charge >= 0.3 is 5.97 Å². The molecule has 8 nitrogen and oxygen atoms in total. The minimum atomic E-state index is -2.53. The zero-order valence-electron chi connectivity index (χ0n) is 9.38. The first-order valence-electron chi connectivity index (χ1n) is 5.18. The van der Waals surface area contributed by atoms with Gasteiger partial charge in [0.05, 0.1) is 12.7 Å². The highest BCUT2D eigenvalue weighted by Crippen LogP contribution is 2.33. The van der Waals surface area contributed by atoms with Gasteiger partial charge in [-0.15, -0.1) is 0 Å². The SMILES string of the molecule is C=COC(=O)C[C@]1(O)[C@H](O)[C@H](O)[C@@H](O)[C@H](O)[C@H]1O. The molecule has 0 radical (unpaired) electrons. The summed E-state index contributed by atoms with van der Waals surface area (Å²) in [4.78, 5) is 11.2. The van der Waals surface area contributed by atoms with E-state index in [2.05, 4.69) is 11.3 Å². The Hall–Kier alpha value is -1.03. The molecule has 6 atom stereocenters. The third-order valence-corrected chi connectivity index (χ3v) is 3.01. The Kier molecular flexibility index (Phi) is 4.43. The fraction of sp³-hybridized carbons (Fsp3) is 0.700. The van der Waals surface area contributed by atoms with E-state index < -0.39 is 48.5 Å². The smallest absolute Gasteiger partial charge is 0.313 e. The summed E-state index contributed by atoms with van der Waals surface area (Å²) in [7, 11) is 0. The fourth-order valence-electron chi connectivity index (χ4n) is 1.92. The highest BCUT2D eigenvalue weighted by atomic mass is 16.5. The van der Waals surface area contributed by atoms with Crippen molar-refractivity contribution in [3.63, 3.8) is 0 Å². The van der Waals surface area contributed by atoms with Crippen LogP contribution in [0.15, 0.2) is 12.8 Å². The number of carbonyl (C=O) groups is 1. The van der Waals surface area contributed by atoms with Crippen LogP contribution >= 0.6 is 0 Å². The summed E-state index contributed by atoms with van der Waals surface area (Å²) in [6.07, 6.45) is -9.82. The van der Waals surface area contributed by atoms with Gasteiger partial charge in [0.15, 0.2) is 0 Å². The molecule has 104 valence electrons. The van der Waals surface area contributed by atoms with Crippen LogP contribution in [0.2, 0.25) is 0 Å². The third kappa shape index (κ3) is 2.39. The molecule has 0 bridgehead atoms. The average molecular weight is 264 g/mol. The molecule has 6 N–H and O–H groups in total. The van der Waals surface area contributed by atoms with Gasteiger partial charge in [-0.25, -0.2) is 0 Å². The molecule has 0 amide bonds. The molecule has 0 aromatic rings. The predicted octanol–water partition coefficient (Wildman–Crippen LogP) is -3.39. The zero-order chi connectivity index (χ0) is 14.1. The van der Waals surface area contributed by atoms with Gasteiger partial charge in [0.1, 0.15) is 36.1 Å². The molecule has 0 aliphatic heterocycles. The maximum absolute atomic E-state index is 11.2. The Morgan fingerprint density at radius 2 is 1.56 bits per heavy atom. The van der Waals surface area contributed by atoms with Crippen molar-refractivity contribution >= 4 is 5.97 Å². The van der Waals surface area contributed by atoms with Crippen LogP contribution in [0.25, 0.3) is 0 Å². The van der Waals surface area contributed by atoms with E-state index >= 15 is 0 Å². The van der Waals surface area contributed by atoms with Crippen molar-refractivity contribution in [3.05, 3.63) is 12.8 Å². The lowest BCUT2D eigenvalue weighted by atomic mass is 9.73. The van der Waals surface area contributed by atoms with Crippen molar-refractivity contribution in [1.82, 2.24) is 0 Å². The van der Waals surface area contributed by atoms with Crippen molar-refractivity contribution < 1.29 is 40.2 Å². The molecule has 1 aliphatic carbocycles. The number of rotatable bonds is 3. The first-order chi connectivity index (χ1) is 8.25. The van der Waals surface area contributed by atoms with E-state index in [0.717, 1.165) is 6.26 Å². The van der Waals surface area contributed by atoms with Crippen LogP contribution in [0.4, 0.5) is 0 Å². The van der Waals surface area contributed by atoms with Crippen LogP contribution in [0, 0.1) is 0 Å². The zero-order valence-corrected chi connectivity index (χ0v) is 9.38. The van der Waals surface area contributed by atoms with Crippen molar-refractivity contribution in [1.29, 1.82) is 0 Å². The summed E-state index contributed by atoms with van der Waals surface area (Å²) in [6, 6.07) is 0. The molecule has 1 aliphatic rings. The minimum Gasteiger partial charge on any atom is -0.435 e. The van der Waals surface area contributed by atoms with E-state index in [1.54, 1.807) is 0 Å². The van der Waals surface area contributed by atoms with Gasteiger partial charge in [0.2, 0.25) is 0 Å². The number of aliphatic hydroxyl groups excluding tert-OH is 5. The van der Waals surface area contributed by atoms with E-state index in [1.807, 2.05) is 0 Å². The van der Waals surface area contributed by atoms with Crippen LogP contribution < -0.4 is 0 Å². The second-order valence-corrected chi connectivity index (χ2v) is 4.19. The molecule has 0 aromatic heterocycles. The van der Waals surface area contributed by atoms with Crippen molar-refractivity contribution in [2.45, 2.75) is 42.5 Å². The van der Waals surface area contributed by atoms with Crippen molar-refractivity contribution in [2.75, 3.05) is 0 Å². The summed E-state index contributed by atoms with van der Waals surface area (Å²) in [6.45, 7) is 3.11. The summed E-state index contributed by atoms with van der Waals surface area (Å²) < 4.78 is 4.32. The van der Waals surface area contributed by atoms with Gasteiger partial charge in [-0.05, 0) is 0 Å². The van der Waals surface area contributed by atoms with E-state index in [-0.39, 0.29) is 0 Å². The lowest BCUT2D eigenvalue weighted by Gasteiger charge is -2.47. The molecule has 1 saturated carbocycles. The molecule has 18 heavy (non-hydrogen) atoms. The van der Waals surface area contributed by atoms with Gasteiger partial charge in [0, 0.05) is 0 Å². The van der Waals surface area contributed by atoms with Crippen LogP contribution in [-0.2, 0) is 9.53 Å². The number of carbonyl (C=O) groups excluding carboxylic acids is 1. The molecule has 0 saturated heterocycles. The van der Waals surface area contributed by atoms with Crippen LogP contribution in [-0.4, -0.2) is 72.7 Å². The number of aliphatic hydroxyl groups is 6. The van der Waals surface area contributed by atoms with Gasteiger partial charge in [-0.3, -0.25) is 4.79 Å². The van der Waals surface area contributed by atoms with E-state index in [0.29, 0.717) is 0 Å². The average Bonchev–Trinajstić information content (AvgIpc) is 2.32. The monoisotopic (exact) mass is 264 g/mol. The highest BCUT2D eigenvalue weighted by molar-refractivity contribution is 5.71. The van der Waals surface area contributed by atoms with Gasteiger partial charge in [-0.2, -0.15) is 0 Å². The molecule has 8 heteroatoms. The fourth-order valence-corrected chi connectivity index (χ4v) is 1.92. The first kappa shape index (κ1) is 15.0. The molecule has 0 unspecified atom stereocenters. The molecular formula is C10H16O8. The van der Waals surface area contributed by atoms with Gasteiger partial charge in [0.25, 0.3) is 0 Å². The quantitative estimate of drug-likeness (QED) is 0.228. The van der Waals surface area contributed by atoms with Gasteiger partial charge < -0.3 is 35.4 Å². The van der Waals surface area contributed by atoms with E-state index in [1.165, 1.54) is 0 Å². The molecule has 0 aromatic carbocycles. The molecule has 1 rings (SSSR count). The second-order valence-electron chi connectivity index (χ2n) is 4.19. The largest absolute Gasteiger partial charge is 0.435 e. The third-order valence-electron chi connectivity index (χ3n) is 3.01.